The Hall–Kier alpha value is -1.16. The van der Waals surface area contributed by atoms with Gasteiger partial charge in [-0.2, -0.15) is 0 Å². The monoisotopic (exact) mass is 528 g/mol. The third-order valence-electron chi connectivity index (χ3n) is 4.92. The zero-order valence-corrected chi connectivity index (χ0v) is 20.7. The van der Waals surface area contributed by atoms with Crippen LogP contribution in [0, 0.1) is 0 Å². The molecule has 2 unspecified atom stereocenters. The van der Waals surface area contributed by atoms with E-state index in [4.69, 9.17) is 4.74 Å². The van der Waals surface area contributed by atoms with Gasteiger partial charge in [0.25, 0.3) is 0 Å². The van der Waals surface area contributed by atoms with Crippen molar-refractivity contribution in [2.24, 2.45) is 4.99 Å². The van der Waals surface area contributed by atoms with Gasteiger partial charge in [-0.3, -0.25) is 9.89 Å². The van der Waals surface area contributed by atoms with Crippen molar-refractivity contribution in [1.82, 2.24) is 15.5 Å². The second-order valence-corrected chi connectivity index (χ2v) is 8.43. The number of nitrogens with zero attached hydrogens (tertiary/aromatic N) is 2. The van der Waals surface area contributed by atoms with Crippen molar-refractivity contribution < 1.29 is 4.74 Å². The van der Waals surface area contributed by atoms with Crippen molar-refractivity contribution in [2.75, 3.05) is 26.7 Å². The van der Waals surface area contributed by atoms with Crippen LogP contribution in [0.25, 0.3) is 0 Å². The number of hydrogen-bond acceptors (Lipinski definition) is 4. The van der Waals surface area contributed by atoms with Gasteiger partial charge in [-0.1, -0.05) is 30.3 Å². The number of ether oxygens (including phenoxy) is 1. The molecule has 2 heterocycles. The zero-order valence-electron chi connectivity index (χ0n) is 17.6. The lowest BCUT2D eigenvalue weighted by atomic mass is 10.1. The van der Waals surface area contributed by atoms with E-state index >= 15 is 0 Å². The van der Waals surface area contributed by atoms with E-state index in [9.17, 15) is 0 Å². The Morgan fingerprint density at radius 2 is 1.83 bits per heavy atom. The molecule has 2 atom stereocenters. The Balaban J connectivity index is 0.00000300. The third kappa shape index (κ3) is 7.88. The molecule has 0 radical (unpaired) electrons. The average Bonchev–Trinajstić information content (AvgIpc) is 3.18. The third-order valence-corrected chi connectivity index (χ3v) is 5.86. The van der Waals surface area contributed by atoms with Crippen molar-refractivity contribution in [1.29, 1.82) is 0 Å². The van der Waals surface area contributed by atoms with Crippen molar-refractivity contribution in [3.63, 3.8) is 0 Å². The van der Waals surface area contributed by atoms with Crippen LogP contribution in [-0.4, -0.2) is 49.7 Å². The number of nitrogens with one attached hydrogen (secondary N) is 2. The fourth-order valence-corrected chi connectivity index (χ4v) is 4.41. The van der Waals surface area contributed by atoms with Crippen LogP contribution in [0.3, 0.4) is 0 Å². The van der Waals surface area contributed by atoms with Crippen LogP contribution < -0.4 is 10.6 Å². The molecular formula is C22H33IN4OS. The minimum Gasteiger partial charge on any atom is -0.373 e. The molecule has 1 aliphatic rings. The highest BCUT2D eigenvalue weighted by Gasteiger charge is 2.22. The van der Waals surface area contributed by atoms with Gasteiger partial charge in [0.05, 0.1) is 12.2 Å². The van der Waals surface area contributed by atoms with Gasteiger partial charge >= 0.3 is 0 Å². The lowest BCUT2D eigenvalue weighted by molar-refractivity contribution is -0.0705. The molecule has 0 spiro atoms. The number of aliphatic imine (C=N–C) groups is 1. The van der Waals surface area contributed by atoms with Gasteiger partial charge in [-0.15, -0.1) is 35.3 Å². The van der Waals surface area contributed by atoms with E-state index in [0.29, 0.717) is 12.2 Å². The van der Waals surface area contributed by atoms with E-state index in [1.807, 2.05) is 7.05 Å². The minimum absolute atomic E-state index is 0. The normalized spacial score (nSPS) is 20.2. The molecule has 2 N–H and O–H groups in total. The molecule has 1 fully saturated rings. The highest BCUT2D eigenvalue weighted by atomic mass is 127. The lowest BCUT2D eigenvalue weighted by Gasteiger charge is -2.35. The molecule has 29 heavy (non-hydrogen) atoms. The average molecular weight is 529 g/mol. The summed E-state index contributed by atoms with van der Waals surface area (Å²) in [4.78, 5) is 8.24. The molecule has 1 aromatic carbocycles. The maximum atomic E-state index is 5.86. The lowest BCUT2D eigenvalue weighted by Crippen LogP contribution is -2.45. The predicted octanol–water partition coefficient (Wildman–Crippen LogP) is 3.88. The number of halogens is 1. The Labute approximate surface area is 196 Å². The van der Waals surface area contributed by atoms with Crippen LogP contribution in [0.1, 0.15) is 29.9 Å². The number of benzene rings is 1. The first-order valence-corrected chi connectivity index (χ1v) is 10.9. The van der Waals surface area contributed by atoms with Crippen LogP contribution in [0.4, 0.5) is 0 Å². The predicted molar refractivity (Wildman–Crippen MR) is 133 cm³/mol. The second kappa shape index (κ2) is 12.5. The summed E-state index contributed by atoms with van der Waals surface area (Å²) in [7, 11) is 1.82. The Morgan fingerprint density at radius 1 is 1.10 bits per heavy atom. The summed E-state index contributed by atoms with van der Waals surface area (Å²) in [5.41, 5.74) is 2.68. The van der Waals surface area contributed by atoms with E-state index in [1.165, 1.54) is 16.0 Å². The van der Waals surface area contributed by atoms with Crippen LogP contribution in [0.2, 0.25) is 0 Å². The molecule has 0 bridgehead atoms. The van der Waals surface area contributed by atoms with E-state index in [1.54, 1.807) is 11.3 Å². The Morgan fingerprint density at radius 3 is 2.48 bits per heavy atom. The molecule has 3 rings (SSSR count). The summed E-state index contributed by atoms with van der Waals surface area (Å²) in [5.74, 6) is 0.847. The summed E-state index contributed by atoms with van der Waals surface area (Å²) in [6.07, 6.45) is 1.60. The van der Waals surface area contributed by atoms with Gasteiger partial charge in [0.1, 0.15) is 0 Å². The topological polar surface area (TPSA) is 48.9 Å². The maximum Gasteiger partial charge on any atom is 0.191 e. The SMILES string of the molecule is CN=C(NCCc1cccs1)NCc1ccccc1CN1CC(C)OC(C)C1.I. The van der Waals surface area contributed by atoms with Gasteiger partial charge in [-0.25, -0.2) is 0 Å². The quantitative estimate of drug-likeness (QED) is 0.326. The van der Waals surface area contributed by atoms with Gasteiger partial charge in [-0.05, 0) is 42.8 Å². The van der Waals surface area contributed by atoms with Crippen molar-refractivity contribution in [3.8, 4) is 0 Å². The number of guanidine groups is 1. The maximum absolute atomic E-state index is 5.86. The Bertz CT molecular complexity index is 743. The number of morpholine rings is 1. The molecular weight excluding hydrogens is 495 g/mol. The summed E-state index contributed by atoms with van der Waals surface area (Å²) in [5, 5.41) is 8.99. The van der Waals surface area contributed by atoms with Crippen molar-refractivity contribution in [3.05, 3.63) is 57.8 Å². The van der Waals surface area contributed by atoms with Crippen molar-refractivity contribution >= 4 is 41.3 Å². The smallest absolute Gasteiger partial charge is 0.191 e. The molecule has 1 saturated heterocycles. The second-order valence-electron chi connectivity index (χ2n) is 7.40. The van der Waals surface area contributed by atoms with E-state index < -0.39 is 0 Å². The Kier molecular flexibility index (Phi) is 10.4. The fraction of sp³-hybridized carbons (Fsp3) is 0.500. The molecule has 1 aromatic heterocycles. The number of rotatable bonds is 7. The first kappa shape index (κ1) is 24.1. The molecule has 0 saturated carbocycles. The minimum atomic E-state index is 0. The van der Waals surface area contributed by atoms with Gasteiger partial charge in [0.2, 0.25) is 0 Å². The van der Waals surface area contributed by atoms with E-state index in [-0.39, 0.29) is 24.0 Å². The molecule has 2 aromatic rings. The highest BCUT2D eigenvalue weighted by Crippen LogP contribution is 2.17. The largest absolute Gasteiger partial charge is 0.373 e. The van der Waals surface area contributed by atoms with Crippen LogP contribution in [0.15, 0.2) is 46.8 Å². The first-order valence-electron chi connectivity index (χ1n) is 10.1. The molecule has 160 valence electrons. The highest BCUT2D eigenvalue weighted by molar-refractivity contribution is 14.0. The first-order chi connectivity index (χ1) is 13.6. The van der Waals surface area contributed by atoms with Crippen LogP contribution in [0.5, 0.6) is 0 Å². The van der Waals surface area contributed by atoms with Crippen molar-refractivity contribution in [2.45, 2.75) is 45.6 Å². The van der Waals surface area contributed by atoms with Gasteiger partial charge < -0.3 is 15.4 Å². The van der Waals surface area contributed by atoms with Crippen LogP contribution in [-0.2, 0) is 24.2 Å². The fourth-order valence-electron chi connectivity index (χ4n) is 3.70. The molecule has 7 heteroatoms. The summed E-state index contributed by atoms with van der Waals surface area (Å²) < 4.78 is 5.86. The van der Waals surface area contributed by atoms with Gasteiger partial charge in [0.15, 0.2) is 5.96 Å². The summed E-state index contributed by atoms with van der Waals surface area (Å²) in [6, 6.07) is 12.9. The molecule has 0 amide bonds. The number of thiophene rings is 1. The molecule has 5 nitrogen and oxygen atoms in total. The zero-order chi connectivity index (χ0) is 19.8. The number of hydrogen-bond donors (Lipinski definition) is 2. The summed E-state index contributed by atoms with van der Waals surface area (Å²) in [6.45, 7) is 8.88. The van der Waals surface area contributed by atoms with E-state index in [0.717, 1.165) is 45.1 Å². The van der Waals surface area contributed by atoms with Crippen LogP contribution >= 0.6 is 35.3 Å². The summed E-state index contributed by atoms with van der Waals surface area (Å²) >= 11 is 1.80. The standard InChI is InChI=1S/C22H32N4OS.HI/c1-17-14-26(15-18(2)27-17)16-20-8-5-4-7-19(20)13-25-22(23-3)24-11-10-21-9-6-12-28-21;/h4-9,12,17-18H,10-11,13-16H2,1-3H3,(H2,23,24,25);1H. The molecule has 1 aliphatic heterocycles. The van der Waals surface area contributed by atoms with Gasteiger partial charge in [0, 0.05) is 44.6 Å². The molecule has 0 aliphatic carbocycles. The van der Waals surface area contributed by atoms with E-state index in [2.05, 4.69) is 76.2 Å².